The molecule has 1 rings (SSSR count). The van der Waals surface area contributed by atoms with E-state index >= 15 is 0 Å². The zero-order valence-corrected chi connectivity index (χ0v) is 7.98. The van der Waals surface area contributed by atoms with E-state index in [1.165, 1.54) is 12.1 Å². The molecule has 4 nitrogen and oxygen atoms in total. The predicted octanol–water partition coefficient (Wildman–Crippen LogP) is 1.40. The zero-order valence-electron chi connectivity index (χ0n) is 7.98. The molecule has 0 fully saturated rings. The normalized spacial score (nSPS) is 12.4. The molecular formula is C10H12FNO3. The van der Waals surface area contributed by atoms with E-state index < -0.39 is 23.6 Å². The smallest absolute Gasteiger partial charge is 0.303 e. The SMILES string of the molecule is NC(CCC(=O)O)c1cccc(F)c1O. The first kappa shape index (κ1) is 11.5. The van der Waals surface area contributed by atoms with E-state index in [1.807, 2.05) is 0 Å². The zero-order chi connectivity index (χ0) is 11.4. The highest BCUT2D eigenvalue weighted by Crippen LogP contribution is 2.27. The van der Waals surface area contributed by atoms with Crippen LogP contribution in [0, 0.1) is 5.82 Å². The molecule has 1 atom stereocenters. The lowest BCUT2D eigenvalue weighted by Gasteiger charge is -2.12. The van der Waals surface area contributed by atoms with Gasteiger partial charge >= 0.3 is 5.97 Å². The third kappa shape index (κ3) is 2.92. The first-order valence-electron chi connectivity index (χ1n) is 4.47. The molecule has 0 aliphatic heterocycles. The van der Waals surface area contributed by atoms with Gasteiger partial charge in [0, 0.05) is 18.0 Å². The first-order valence-corrected chi connectivity index (χ1v) is 4.47. The number of hydrogen-bond donors (Lipinski definition) is 3. The van der Waals surface area contributed by atoms with Crippen LogP contribution in [0.3, 0.4) is 0 Å². The fraction of sp³-hybridized carbons (Fsp3) is 0.300. The van der Waals surface area contributed by atoms with Gasteiger partial charge in [0.15, 0.2) is 11.6 Å². The fourth-order valence-electron chi connectivity index (χ4n) is 1.27. The van der Waals surface area contributed by atoms with Gasteiger partial charge in [-0.25, -0.2) is 4.39 Å². The van der Waals surface area contributed by atoms with Gasteiger partial charge < -0.3 is 15.9 Å². The summed E-state index contributed by atoms with van der Waals surface area (Å²) >= 11 is 0. The molecule has 1 aromatic carbocycles. The minimum absolute atomic E-state index is 0.114. The van der Waals surface area contributed by atoms with Gasteiger partial charge in [-0.15, -0.1) is 0 Å². The Morgan fingerprint density at radius 1 is 1.53 bits per heavy atom. The number of rotatable bonds is 4. The maximum atomic E-state index is 12.9. The molecule has 0 radical (unpaired) electrons. The highest BCUT2D eigenvalue weighted by molar-refractivity contribution is 5.66. The molecule has 0 heterocycles. The Labute approximate surface area is 86.1 Å². The highest BCUT2D eigenvalue weighted by atomic mass is 19.1. The molecule has 82 valence electrons. The van der Waals surface area contributed by atoms with E-state index in [4.69, 9.17) is 10.8 Å². The number of phenolic OH excluding ortho intramolecular Hbond substituents is 1. The van der Waals surface area contributed by atoms with E-state index in [9.17, 15) is 14.3 Å². The first-order chi connectivity index (χ1) is 7.02. The lowest BCUT2D eigenvalue weighted by atomic mass is 10.0. The van der Waals surface area contributed by atoms with Crippen LogP contribution in [-0.2, 0) is 4.79 Å². The molecular weight excluding hydrogens is 201 g/mol. The number of hydrogen-bond acceptors (Lipinski definition) is 3. The Balaban J connectivity index is 2.77. The van der Waals surface area contributed by atoms with Crippen LogP contribution in [0.15, 0.2) is 18.2 Å². The Morgan fingerprint density at radius 2 is 2.20 bits per heavy atom. The number of halogens is 1. The third-order valence-electron chi connectivity index (χ3n) is 2.09. The number of benzene rings is 1. The number of para-hydroxylation sites is 1. The standard InChI is InChI=1S/C10H12FNO3/c11-7-3-1-2-6(10(7)15)8(12)4-5-9(13)14/h1-3,8,15H,4-5,12H2,(H,13,14). The van der Waals surface area contributed by atoms with E-state index in [0.717, 1.165) is 6.07 Å². The Bertz CT molecular complexity index is 368. The Morgan fingerprint density at radius 3 is 2.80 bits per heavy atom. The largest absolute Gasteiger partial charge is 0.505 e. The maximum Gasteiger partial charge on any atom is 0.303 e. The second-order valence-electron chi connectivity index (χ2n) is 3.22. The molecule has 0 aromatic heterocycles. The molecule has 15 heavy (non-hydrogen) atoms. The number of carbonyl (C=O) groups is 1. The van der Waals surface area contributed by atoms with E-state index in [0.29, 0.717) is 0 Å². The van der Waals surface area contributed by atoms with Crippen LogP contribution in [0.2, 0.25) is 0 Å². The number of aliphatic carboxylic acids is 1. The average molecular weight is 213 g/mol. The van der Waals surface area contributed by atoms with Crippen LogP contribution in [0.25, 0.3) is 0 Å². The molecule has 4 N–H and O–H groups in total. The van der Waals surface area contributed by atoms with Gasteiger partial charge in [0.1, 0.15) is 0 Å². The second-order valence-corrected chi connectivity index (χ2v) is 3.22. The van der Waals surface area contributed by atoms with Gasteiger partial charge in [0.25, 0.3) is 0 Å². The van der Waals surface area contributed by atoms with Crippen molar-refractivity contribution in [1.82, 2.24) is 0 Å². The molecule has 0 spiro atoms. The predicted molar refractivity (Wildman–Crippen MR) is 51.9 cm³/mol. The second kappa shape index (κ2) is 4.75. The molecule has 0 aliphatic carbocycles. The summed E-state index contributed by atoms with van der Waals surface area (Å²) in [6.07, 6.45) is 0.0451. The van der Waals surface area contributed by atoms with Crippen LogP contribution in [-0.4, -0.2) is 16.2 Å². The third-order valence-corrected chi connectivity index (χ3v) is 2.09. The molecule has 0 amide bonds. The highest BCUT2D eigenvalue weighted by Gasteiger charge is 2.14. The maximum absolute atomic E-state index is 12.9. The van der Waals surface area contributed by atoms with E-state index in [2.05, 4.69) is 0 Å². The van der Waals surface area contributed by atoms with Gasteiger partial charge in [-0.05, 0) is 12.5 Å². The van der Waals surface area contributed by atoms with Crippen LogP contribution >= 0.6 is 0 Å². The number of nitrogens with two attached hydrogens (primary N) is 1. The summed E-state index contributed by atoms with van der Waals surface area (Å²) in [6, 6.07) is 3.34. The minimum atomic E-state index is -0.971. The number of carboxylic acid groups (broad SMARTS) is 1. The molecule has 0 aliphatic rings. The number of carboxylic acids is 1. The summed E-state index contributed by atoms with van der Waals surface area (Å²) in [5, 5.41) is 17.8. The average Bonchev–Trinajstić information content (AvgIpc) is 2.18. The topological polar surface area (TPSA) is 83.6 Å². The Hall–Kier alpha value is -1.62. The van der Waals surface area contributed by atoms with Crippen LogP contribution in [0.1, 0.15) is 24.4 Å². The summed E-state index contributed by atoms with van der Waals surface area (Å²) in [5.74, 6) is -2.23. The lowest BCUT2D eigenvalue weighted by Crippen LogP contribution is -2.12. The van der Waals surface area contributed by atoms with Crippen molar-refractivity contribution in [2.24, 2.45) is 5.73 Å². The van der Waals surface area contributed by atoms with Gasteiger partial charge in [-0.1, -0.05) is 12.1 Å². The van der Waals surface area contributed by atoms with Crippen molar-refractivity contribution < 1.29 is 19.4 Å². The van der Waals surface area contributed by atoms with Crippen LogP contribution in [0.4, 0.5) is 4.39 Å². The van der Waals surface area contributed by atoms with Gasteiger partial charge in [-0.2, -0.15) is 0 Å². The van der Waals surface area contributed by atoms with Crippen molar-refractivity contribution in [3.05, 3.63) is 29.6 Å². The van der Waals surface area contributed by atoms with Crippen LogP contribution in [0.5, 0.6) is 5.75 Å². The van der Waals surface area contributed by atoms with Gasteiger partial charge in [0.05, 0.1) is 0 Å². The summed E-state index contributed by atoms with van der Waals surface area (Å²) in [5.41, 5.74) is 5.86. The lowest BCUT2D eigenvalue weighted by molar-refractivity contribution is -0.137. The summed E-state index contributed by atoms with van der Waals surface area (Å²) < 4.78 is 12.9. The number of phenols is 1. The minimum Gasteiger partial charge on any atom is -0.505 e. The molecule has 0 saturated heterocycles. The van der Waals surface area contributed by atoms with Crippen molar-refractivity contribution in [2.45, 2.75) is 18.9 Å². The van der Waals surface area contributed by atoms with Crippen LogP contribution < -0.4 is 5.73 Å². The molecule has 1 unspecified atom stereocenters. The fourth-order valence-corrected chi connectivity index (χ4v) is 1.27. The summed E-state index contributed by atoms with van der Waals surface area (Å²) in [6.45, 7) is 0. The summed E-state index contributed by atoms with van der Waals surface area (Å²) in [4.78, 5) is 10.3. The summed E-state index contributed by atoms with van der Waals surface area (Å²) in [7, 11) is 0. The van der Waals surface area contributed by atoms with E-state index in [-0.39, 0.29) is 18.4 Å². The van der Waals surface area contributed by atoms with Crippen molar-refractivity contribution in [3.63, 3.8) is 0 Å². The monoisotopic (exact) mass is 213 g/mol. The van der Waals surface area contributed by atoms with Gasteiger partial charge in [0.2, 0.25) is 0 Å². The Kier molecular flexibility index (Phi) is 3.62. The molecule has 0 bridgehead atoms. The van der Waals surface area contributed by atoms with Crippen molar-refractivity contribution >= 4 is 5.97 Å². The van der Waals surface area contributed by atoms with E-state index in [1.54, 1.807) is 0 Å². The van der Waals surface area contributed by atoms with Crippen molar-refractivity contribution in [3.8, 4) is 5.75 Å². The molecule has 1 aromatic rings. The van der Waals surface area contributed by atoms with Crippen molar-refractivity contribution in [2.75, 3.05) is 0 Å². The molecule has 5 heteroatoms. The van der Waals surface area contributed by atoms with Crippen molar-refractivity contribution in [1.29, 1.82) is 0 Å². The number of aromatic hydroxyl groups is 1. The quantitative estimate of drug-likeness (QED) is 0.705. The van der Waals surface area contributed by atoms with Gasteiger partial charge in [-0.3, -0.25) is 4.79 Å². The molecule has 0 saturated carbocycles.